The van der Waals surface area contributed by atoms with Crippen LogP contribution in [-0.2, 0) is 19.0 Å². The smallest absolute Gasteiger partial charge is 0.261 e. The summed E-state index contributed by atoms with van der Waals surface area (Å²) >= 11 is 0. The molecule has 10 nitrogen and oxygen atoms in total. The fraction of sp³-hybridized carbons (Fsp3) is 0.500. The molecular weight excluding hydrogens is 424 g/mol. The predicted molar refractivity (Wildman–Crippen MR) is 112 cm³/mol. The van der Waals surface area contributed by atoms with Crippen LogP contribution in [-0.4, -0.2) is 85.2 Å². The van der Waals surface area contributed by atoms with Crippen LogP contribution in [0.1, 0.15) is 11.7 Å². The highest BCUT2D eigenvalue weighted by molar-refractivity contribution is 6.06. The van der Waals surface area contributed by atoms with E-state index in [9.17, 15) is 25.2 Å². The molecule has 1 aliphatic heterocycles. The van der Waals surface area contributed by atoms with Crippen molar-refractivity contribution in [3.05, 3.63) is 47.4 Å². The summed E-state index contributed by atoms with van der Waals surface area (Å²) in [5.41, 5.74) is -0.635. The number of aliphatic hydroxyl groups excluding tert-OH is 4. The minimum atomic E-state index is -1.32. The molecule has 3 rings (SSSR count). The van der Waals surface area contributed by atoms with Gasteiger partial charge in [0, 0.05) is 19.6 Å². The van der Waals surface area contributed by atoms with Gasteiger partial charge in [-0.15, -0.1) is 0 Å². The summed E-state index contributed by atoms with van der Waals surface area (Å²) < 4.78 is 21.8. The molecule has 2 aliphatic rings. The summed E-state index contributed by atoms with van der Waals surface area (Å²) in [6.45, 7) is -0.978. The Morgan fingerprint density at radius 3 is 2.12 bits per heavy atom. The van der Waals surface area contributed by atoms with E-state index in [-0.39, 0.29) is 29.6 Å². The Morgan fingerprint density at radius 1 is 1.06 bits per heavy atom. The number of hydrogen-bond acceptors (Lipinski definition) is 10. The molecule has 5 N–H and O–H groups in total. The van der Waals surface area contributed by atoms with Gasteiger partial charge in [0.2, 0.25) is 0 Å². The van der Waals surface area contributed by atoms with Crippen LogP contribution in [0.4, 0.5) is 0 Å². The highest BCUT2D eigenvalue weighted by Gasteiger charge is 2.58. The van der Waals surface area contributed by atoms with Gasteiger partial charge in [-0.1, -0.05) is 6.07 Å². The zero-order valence-electron chi connectivity index (χ0n) is 18.4. The average Bonchev–Trinajstić information content (AvgIpc) is 3.14. The number of carbonyl (C=O) groups excluding carboxylic acids is 1. The van der Waals surface area contributed by atoms with Crippen LogP contribution in [0.5, 0.6) is 11.5 Å². The molecule has 1 heterocycles. The molecule has 10 heteroatoms. The lowest BCUT2D eigenvalue weighted by molar-refractivity contribution is -0.119. The second-order valence-electron chi connectivity index (χ2n) is 7.20. The number of phenols is 1. The lowest BCUT2D eigenvalue weighted by Gasteiger charge is -2.37. The van der Waals surface area contributed by atoms with E-state index < -0.39 is 42.0 Å². The standard InChI is InChI=1S/C21H26O9.CH4O/c1-27-15-6-11(4-5-13(15)24)19-12(9-22)21(20(30-19)14(25)10-23)7-16(28-2)18(26)17(8-21)29-3;1-2/h4-8,12,14,19-20,22-25H,9-10H2,1-3H3;2H,1H3/t12-,14+,19-,20-;/m1./s1. The number of methoxy groups -OCH3 is 3. The summed E-state index contributed by atoms with van der Waals surface area (Å²) in [7, 11) is 5.07. The molecule has 1 aromatic carbocycles. The zero-order chi connectivity index (χ0) is 24.1. The van der Waals surface area contributed by atoms with E-state index >= 15 is 0 Å². The number of ketones is 1. The molecule has 32 heavy (non-hydrogen) atoms. The van der Waals surface area contributed by atoms with Gasteiger partial charge in [-0.25, -0.2) is 0 Å². The maximum atomic E-state index is 12.5. The number of ether oxygens (including phenoxy) is 4. The van der Waals surface area contributed by atoms with E-state index in [0.717, 1.165) is 7.11 Å². The van der Waals surface area contributed by atoms with Crippen molar-refractivity contribution >= 4 is 5.78 Å². The van der Waals surface area contributed by atoms with Gasteiger partial charge >= 0.3 is 0 Å². The fourth-order valence-corrected chi connectivity index (χ4v) is 4.23. The van der Waals surface area contributed by atoms with E-state index in [2.05, 4.69) is 0 Å². The van der Waals surface area contributed by atoms with E-state index in [1.807, 2.05) is 0 Å². The normalized spacial score (nSPS) is 24.8. The number of benzene rings is 1. The maximum absolute atomic E-state index is 12.5. The second-order valence-corrected chi connectivity index (χ2v) is 7.20. The third kappa shape index (κ3) is 4.32. The molecule has 1 aliphatic carbocycles. The highest BCUT2D eigenvalue weighted by atomic mass is 16.5. The Labute approximate surface area is 185 Å². The summed E-state index contributed by atoms with van der Waals surface area (Å²) in [4.78, 5) is 12.5. The van der Waals surface area contributed by atoms with Crippen molar-refractivity contribution in [1.82, 2.24) is 0 Å². The van der Waals surface area contributed by atoms with Gasteiger partial charge in [0.05, 0.1) is 45.6 Å². The van der Waals surface area contributed by atoms with Gasteiger partial charge in [-0.05, 0) is 29.8 Å². The fourth-order valence-electron chi connectivity index (χ4n) is 4.23. The Bertz CT molecular complexity index is 838. The second kappa shape index (κ2) is 10.8. The van der Waals surface area contributed by atoms with Crippen molar-refractivity contribution in [2.24, 2.45) is 11.3 Å². The molecule has 4 atom stereocenters. The number of aliphatic hydroxyl groups is 4. The summed E-state index contributed by atoms with van der Waals surface area (Å²) in [6, 6.07) is 4.62. The van der Waals surface area contributed by atoms with Gasteiger partial charge in [0.25, 0.3) is 5.78 Å². The third-order valence-electron chi connectivity index (χ3n) is 5.71. The molecule has 178 valence electrons. The van der Waals surface area contributed by atoms with Crippen LogP contribution in [0, 0.1) is 11.3 Å². The highest BCUT2D eigenvalue weighted by Crippen LogP contribution is 2.56. The lowest BCUT2D eigenvalue weighted by atomic mass is 9.67. The zero-order valence-corrected chi connectivity index (χ0v) is 18.4. The van der Waals surface area contributed by atoms with Crippen LogP contribution in [0.25, 0.3) is 0 Å². The van der Waals surface area contributed by atoms with Gasteiger partial charge in [-0.3, -0.25) is 4.79 Å². The summed E-state index contributed by atoms with van der Waals surface area (Å²) in [5.74, 6) is -1.04. The van der Waals surface area contributed by atoms with Crippen molar-refractivity contribution in [2.75, 3.05) is 41.7 Å². The van der Waals surface area contributed by atoms with Gasteiger partial charge in [-0.2, -0.15) is 0 Å². The number of phenolic OH excluding ortho intramolecular Hbond substituents is 1. The SMILES string of the molecule is CO.COC1=CC2(C=C(OC)C1=O)[C@H](CO)[C@@H](c1ccc(O)c(OC)c1)O[C@@H]2[C@@H](O)CO. The van der Waals surface area contributed by atoms with Crippen molar-refractivity contribution in [1.29, 1.82) is 0 Å². The molecule has 0 saturated carbocycles. The number of rotatable bonds is 7. The molecule has 1 saturated heterocycles. The minimum absolute atomic E-state index is 0.0181. The van der Waals surface area contributed by atoms with Crippen LogP contribution < -0.4 is 4.74 Å². The van der Waals surface area contributed by atoms with Crippen molar-refractivity contribution in [3.8, 4) is 11.5 Å². The first-order chi connectivity index (χ1) is 15.4. The summed E-state index contributed by atoms with van der Waals surface area (Å²) in [5, 5.41) is 47.4. The van der Waals surface area contributed by atoms with Gasteiger partial charge in [0.15, 0.2) is 23.0 Å². The molecule has 1 aromatic rings. The Morgan fingerprint density at radius 2 is 1.66 bits per heavy atom. The number of Topliss-reactive ketones (excluding diaryl/α,β-unsaturated/α-hetero) is 1. The lowest BCUT2D eigenvalue weighted by Crippen LogP contribution is -2.45. The molecule has 0 bridgehead atoms. The molecule has 0 aromatic heterocycles. The van der Waals surface area contributed by atoms with E-state index in [0.29, 0.717) is 5.56 Å². The van der Waals surface area contributed by atoms with Crippen LogP contribution in [0.15, 0.2) is 41.9 Å². The Balaban J connectivity index is 0.00000176. The molecule has 0 radical (unpaired) electrons. The van der Waals surface area contributed by atoms with Crippen LogP contribution >= 0.6 is 0 Å². The molecule has 1 fully saturated rings. The molecular formula is C22H30O10. The van der Waals surface area contributed by atoms with Crippen molar-refractivity contribution in [3.63, 3.8) is 0 Å². The number of aromatic hydroxyl groups is 1. The van der Waals surface area contributed by atoms with Crippen LogP contribution in [0.2, 0.25) is 0 Å². The number of carbonyl (C=O) groups is 1. The molecule has 0 amide bonds. The third-order valence-corrected chi connectivity index (χ3v) is 5.71. The minimum Gasteiger partial charge on any atom is -0.504 e. The first-order valence-corrected chi connectivity index (χ1v) is 9.82. The van der Waals surface area contributed by atoms with E-state index in [4.69, 9.17) is 24.1 Å². The maximum Gasteiger partial charge on any atom is 0.261 e. The van der Waals surface area contributed by atoms with Gasteiger partial charge < -0.3 is 44.5 Å². The average molecular weight is 454 g/mol. The molecule has 0 unspecified atom stereocenters. The van der Waals surface area contributed by atoms with Gasteiger partial charge in [0.1, 0.15) is 6.10 Å². The largest absolute Gasteiger partial charge is 0.504 e. The first-order valence-electron chi connectivity index (χ1n) is 9.82. The van der Waals surface area contributed by atoms with Crippen molar-refractivity contribution in [2.45, 2.75) is 18.3 Å². The number of hydrogen-bond donors (Lipinski definition) is 5. The predicted octanol–water partition coefficient (Wildman–Crippen LogP) is 0.0406. The van der Waals surface area contributed by atoms with Crippen LogP contribution in [0.3, 0.4) is 0 Å². The van der Waals surface area contributed by atoms with Crippen molar-refractivity contribution < 1.29 is 49.3 Å². The Hall–Kier alpha value is -2.63. The quantitative estimate of drug-likeness (QED) is 0.381. The Kier molecular flexibility index (Phi) is 8.65. The summed E-state index contributed by atoms with van der Waals surface area (Å²) in [6.07, 6.45) is -0.0970. The monoisotopic (exact) mass is 454 g/mol. The first kappa shape index (κ1) is 25.6. The molecule has 1 spiro atoms. The topological polar surface area (TPSA) is 155 Å². The van der Waals surface area contributed by atoms with E-state index in [1.165, 1.54) is 39.5 Å². The van der Waals surface area contributed by atoms with E-state index in [1.54, 1.807) is 12.1 Å².